The van der Waals surface area contributed by atoms with Gasteiger partial charge in [0.25, 0.3) is 0 Å². The van der Waals surface area contributed by atoms with E-state index in [0.29, 0.717) is 19.0 Å². The van der Waals surface area contributed by atoms with Crippen LogP contribution in [0.25, 0.3) is 10.2 Å². The molecule has 3 rings (SSSR count). The molecule has 5 heteroatoms. The second kappa shape index (κ2) is 7.23. The highest BCUT2D eigenvalue weighted by Gasteiger charge is 2.32. The summed E-state index contributed by atoms with van der Waals surface area (Å²) in [5.74, 6) is 0.564. The number of allylic oxidation sites excluding steroid dienone is 2. The van der Waals surface area contributed by atoms with Gasteiger partial charge >= 0.3 is 0 Å². The fourth-order valence-corrected chi connectivity index (χ4v) is 4.06. The van der Waals surface area contributed by atoms with E-state index in [1.807, 2.05) is 25.1 Å². The van der Waals surface area contributed by atoms with Crippen molar-refractivity contribution in [2.24, 2.45) is 17.6 Å². The van der Waals surface area contributed by atoms with E-state index in [2.05, 4.69) is 23.5 Å². The molecule has 0 saturated carbocycles. The third kappa shape index (κ3) is 3.62. The van der Waals surface area contributed by atoms with Gasteiger partial charge in [-0.15, -0.1) is 11.3 Å². The molecule has 2 aromatic rings. The summed E-state index contributed by atoms with van der Waals surface area (Å²) in [7, 11) is 0. The fraction of sp³-hybridized carbons (Fsp3) is 0.444. The molecule has 122 valence electrons. The zero-order chi connectivity index (χ0) is 16.2. The van der Waals surface area contributed by atoms with Crippen molar-refractivity contribution in [2.45, 2.75) is 25.7 Å². The number of fused-ring (bicyclic) bond motifs is 1. The first-order chi connectivity index (χ1) is 11.2. The van der Waals surface area contributed by atoms with Crippen LogP contribution in [0.5, 0.6) is 0 Å². The van der Waals surface area contributed by atoms with E-state index in [9.17, 15) is 4.79 Å². The van der Waals surface area contributed by atoms with E-state index in [4.69, 9.17) is 10.7 Å². The molecule has 1 aliphatic carbocycles. The van der Waals surface area contributed by atoms with Crippen molar-refractivity contribution in [1.29, 1.82) is 0 Å². The Morgan fingerprint density at radius 3 is 2.96 bits per heavy atom. The number of nitrogens with two attached hydrogens (primary N) is 1. The van der Waals surface area contributed by atoms with Crippen LogP contribution in [0.3, 0.4) is 0 Å². The SMILES string of the molecule is CC(CN)CNC(=O)C1CC=CCC1c1nc2ccccc2s1. The Morgan fingerprint density at radius 2 is 2.17 bits per heavy atom. The first kappa shape index (κ1) is 16.1. The molecule has 0 radical (unpaired) electrons. The minimum Gasteiger partial charge on any atom is -0.356 e. The van der Waals surface area contributed by atoms with E-state index >= 15 is 0 Å². The van der Waals surface area contributed by atoms with Gasteiger partial charge in [-0.2, -0.15) is 0 Å². The van der Waals surface area contributed by atoms with E-state index in [1.54, 1.807) is 11.3 Å². The van der Waals surface area contributed by atoms with Crippen molar-refractivity contribution >= 4 is 27.5 Å². The molecule has 3 unspecified atom stereocenters. The van der Waals surface area contributed by atoms with E-state index < -0.39 is 0 Å². The molecule has 4 nitrogen and oxygen atoms in total. The van der Waals surface area contributed by atoms with Gasteiger partial charge in [-0.1, -0.05) is 31.2 Å². The normalized spacial score (nSPS) is 22.2. The molecule has 23 heavy (non-hydrogen) atoms. The molecule has 3 atom stereocenters. The maximum absolute atomic E-state index is 12.6. The lowest BCUT2D eigenvalue weighted by Gasteiger charge is -2.26. The summed E-state index contributed by atoms with van der Waals surface area (Å²) in [6, 6.07) is 8.16. The van der Waals surface area contributed by atoms with Gasteiger partial charge in [0.1, 0.15) is 0 Å². The topological polar surface area (TPSA) is 68.0 Å². The van der Waals surface area contributed by atoms with E-state index in [1.165, 1.54) is 4.70 Å². The number of thiazole rings is 1. The molecule has 1 aliphatic rings. The molecule has 0 saturated heterocycles. The Labute approximate surface area is 140 Å². The van der Waals surface area contributed by atoms with Crippen LogP contribution >= 0.6 is 11.3 Å². The zero-order valence-corrected chi connectivity index (χ0v) is 14.2. The molecule has 0 bridgehead atoms. The molecule has 1 aromatic carbocycles. The Hall–Kier alpha value is -1.72. The molecule has 0 fully saturated rings. The summed E-state index contributed by atoms with van der Waals surface area (Å²) in [5.41, 5.74) is 6.65. The number of hydrogen-bond acceptors (Lipinski definition) is 4. The van der Waals surface area contributed by atoms with Crippen LogP contribution in [0.2, 0.25) is 0 Å². The van der Waals surface area contributed by atoms with Crippen LogP contribution in [0.1, 0.15) is 30.7 Å². The van der Waals surface area contributed by atoms with Crippen molar-refractivity contribution < 1.29 is 4.79 Å². The lowest BCUT2D eigenvalue weighted by Crippen LogP contribution is -2.38. The van der Waals surface area contributed by atoms with Crippen molar-refractivity contribution in [1.82, 2.24) is 10.3 Å². The van der Waals surface area contributed by atoms with Gasteiger partial charge in [0.15, 0.2) is 0 Å². The van der Waals surface area contributed by atoms with Crippen LogP contribution < -0.4 is 11.1 Å². The number of hydrogen-bond donors (Lipinski definition) is 2. The number of benzene rings is 1. The highest BCUT2D eigenvalue weighted by molar-refractivity contribution is 7.18. The Bertz CT molecular complexity index is 676. The average molecular weight is 329 g/mol. The number of carbonyl (C=O) groups is 1. The summed E-state index contributed by atoms with van der Waals surface area (Å²) in [6.07, 6.45) is 5.94. The summed E-state index contributed by atoms with van der Waals surface area (Å²) < 4.78 is 1.19. The van der Waals surface area contributed by atoms with Gasteiger partial charge in [0.05, 0.1) is 21.1 Å². The fourth-order valence-electron chi connectivity index (χ4n) is 2.91. The second-order valence-corrected chi connectivity index (χ2v) is 7.32. The average Bonchev–Trinajstić information content (AvgIpc) is 3.03. The minimum atomic E-state index is -0.0365. The molecule has 1 amide bonds. The third-order valence-corrected chi connectivity index (χ3v) is 5.59. The van der Waals surface area contributed by atoms with Gasteiger partial charge in [0, 0.05) is 12.5 Å². The summed E-state index contributed by atoms with van der Waals surface area (Å²) >= 11 is 1.71. The highest BCUT2D eigenvalue weighted by Crippen LogP contribution is 2.38. The van der Waals surface area contributed by atoms with Crippen molar-refractivity contribution in [3.63, 3.8) is 0 Å². The Morgan fingerprint density at radius 1 is 1.39 bits per heavy atom. The van der Waals surface area contributed by atoms with Gasteiger partial charge in [-0.05, 0) is 37.4 Å². The highest BCUT2D eigenvalue weighted by atomic mass is 32.1. The van der Waals surface area contributed by atoms with Crippen LogP contribution in [0.4, 0.5) is 0 Å². The van der Waals surface area contributed by atoms with Crippen molar-refractivity contribution in [3.8, 4) is 0 Å². The molecule has 3 N–H and O–H groups in total. The number of carbonyl (C=O) groups excluding carboxylic acids is 1. The Balaban J connectivity index is 1.78. The molecular formula is C18H23N3OS. The molecule has 1 aromatic heterocycles. The third-order valence-electron chi connectivity index (χ3n) is 4.42. The van der Waals surface area contributed by atoms with Gasteiger partial charge < -0.3 is 11.1 Å². The van der Waals surface area contributed by atoms with Gasteiger partial charge in [-0.3, -0.25) is 4.79 Å². The lowest BCUT2D eigenvalue weighted by atomic mass is 9.82. The van der Waals surface area contributed by atoms with Gasteiger partial charge in [-0.25, -0.2) is 4.98 Å². The number of amides is 1. The molecule has 0 aliphatic heterocycles. The summed E-state index contributed by atoms with van der Waals surface area (Å²) in [4.78, 5) is 17.4. The predicted molar refractivity (Wildman–Crippen MR) is 95.5 cm³/mol. The zero-order valence-electron chi connectivity index (χ0n) is 13.4. The number of aromatic nitrogens is 1. The molecular weight excluding hydrogens is 306 g/mol. The number of para-hydroxylation sites is 1. The quantitative estimate of drug-likeness (QED) is 0.829. The summed E-state index contributed by atoms with van der Waals surface area (Å²) in [5, 5.41) is 4.13. The standard InChI is InChI=1S/C18H23N3OS/c1-12(10-19)11-20-17(22)13-6-2-3-7-14(13)18-21-15-8-4-5-9-16(15)23-18/h2-5,8-9,12-14H,6-7,10-11,19H2,1H3,(H,20,22). The van der Waals surface area contributed by atoms with Crippen LogP contribution in [0.15, 0.2) is 36.4 Å². The summed E-state index contributed by atoms with van der Waals surface area (Å²) in [6.45, 7) is 3.28. The Kier molecular flexibility index (Phi) is 5.08. The lowest BCUT2D eigenvalue weighted by molar-refractivity contribution is -0.125. The number of nitrogens with zero attached hydrogens (tertiary/aromatic N) is 1. The van der Waals surface area contributed by atoms with E-state index in [-0.39, 0.29) is 17.7 Å². The van der Waals surface area contributed by atoms with Gasteiger partial charge in [0.2, 0.25) is 5.91 Å². The van der Waals surface area contributed by atoms with Crippen LogP contribution in [0, 0.1) is 11.8 Å². The first-order valence-corrected chi connectivity index (χ1v) is 8.99. The van der Waals surface area contributed by atoms with Crippen molar-refractivity contribution in [3.05, 3.63) is 41.4 Å². The van der Waals surface area contributed by atoms with Crippen molar-refractivity contribution in [2.75, 3.05) is 13.1 Å². The number of nitrogens with one attached hydrogen (secondary N) is 1. The first-order valence-electron chi connectivity index (χ1n) is 8.17. The largest absolute Gasteiger partial charge is 0.356 e. The predicted octanol–water partition coefficient (Wildman–Crippen LogP) is 3.06. The molecule has 1 heterocycles. The number of rotatable bonds is 5. The maximum Gasteiger partial charge on any atom is 0.224 e. The van der Waals surface area contributed by atoms with Crippen LogP contribution in [-0.4, -0.2) is 24.0 Å². The second-order valence-electron chi connectivity index (χ2n) is 6.26. The maximum atomic E-state index is 12.6. The van der Waals surface area contributed by atoms with Crippen LogP contribution in [-0.2, 0) is 4.79 Å². The molecule has 0 spiro atoms. The minimum absolute atomic E-state index is 0.0365. The smallest absolute Gasteiger partial charge is 0.224 e. The monoisotopic (exact) mass is 329 g/mol. The van der Waals surface area contributed by atoms with E-state index in [0.717, 1.165) is 23.4 Å².